The molecule has 0 saturated heterocycles. The van der Waals surface area contributed by atoms with Gasteiger partial charge in [0.15, 0.2) is 0 Å². The fraction of sp³-hybridized carbons (Fsp3) is 0.500. The maximum absolute atomic E-state index is 3.61. The van der Waals surface area contributed by atoms with Crippen LogP contribution in [0.15, 0.2) is 24.3 Å². The molecule has 1 N–H and O–H groups in total. The highest BCUT2D eigenvalue weighted by atomic mass is 32.2. The van der Waals surface area contributed by atoms with Crippen LogP contribution in [0, 0.1) is 0 Å². The molecule has 1 aliphatic rings. The van der Waals surface area contributed by atoms with E-state index < -0.39 is 0 Å². The minimum absolute atomic E-state index is 0.574. The van der Waals surface area contributed by atoms with E-state index in [1.165, 1.54) is 29.1 Å². The second-order valence-electron chi connectivity index (χ2n) is 3.72. The topological polar surface area (TPSA) is 12.0 Å². The third-order valence-electron chi connectivity index (χ3n) is 2.61. The summed E-state index contributed by atoms with van der Waals surface area (Å²) in [6, 6.07) is 9.38. The molecule has 76 valence electrons. The van der Waals surface area contributed by atoms with E-state index in [1.54, 1.807) is 0 Å². The molecule has 1 atom stereocenters. The van der Waals surface area contributed by atoms with Crippen molar-refractivity contribution in [1.29, 1.82) is 0 Å². The highest BCUT2D eigenvalue weighted by molar-refractivity contribution is 7.98. The summed E-state index contributed by atoms with van der Waals surface area (Å²) < 4.78 is 0. The molecule has 1 aromatic rings. The van der Waals surface area contributed by atoms with E-state index in [0.717, 1.165) is 6.54 Å². The van der Waals surface area contributed by atoms with Gasteiger partial charge in [-0.15, -0.1) is 0 Å². The van der Waals surface area contributed by atoms with Crippen molar-refractivity contribution in [1.82, 2.24) is 5.32 Å². The van der Waals surface area contributed by atoms with Crippen LogP contribution in [0.1, 0.15) is 30.5 Å². The van der Waals surface area contributed by atoms with Crippen LogP contribution < -0.4 is 5.32 Å². The molecule has 2 heteroatoms. The van der Waals surface area contributed by atoms with E-state index in [-0.39, 0.29) is 0 Å². The van der Waals surface area contributed by atoms with Gasteiger partial charge in [0, 0.05) is 17.5 Å². The number of fused-ring (bicyclic) bond motifs is 1. The summed E-state index contributed by atoms with van der Waals surface area (Å²) in [6.45, 7) is 3.34. The minimum atomic E-state index is 0.574. The first-order chi connectivity index (χ1) is 6.92. The SMILES string of the molecule is CCCNC1CSCc2ccccc21. The number of rotatable bonds is 3. The molecule has 14 heavy (non-hydrogen) atoms. The third-order valence-corrected chi connectivity index (χ3v) is 3.70. The Hall–Kier alpha value is -0.470. The predicted octanol–water partition coefficient (Wildman–Crippen LogP) is 2.97. The standard InChI is InChI=1S/C12H17NS/c1-2-7-13-12-9-14-8-10-5-3-4-6-11(10)12/h3-6,12-13H,2,7-9H2,1H3. The second kappa shape index (κ2) is 4.85. The minimum Gasteiger partial charge on any atom is -0.309 e. The predicted molar refractivity (Wildman–Crippen MR) is 63.6 cm³/mol. The average molecular weight is 207 g/mol. The van der Waals surface area contributed by atoms with Crippen LogP contribution in [0.25, 0.3) is 0 Å². The van der Waals surface area contributed by atoms with Crippen LogP contribution >= 0.6 is 11.8 Å². The Morgan fingerprint density at radius 1 is 1.43 bits per heavy atom. The van der Waals surface area contributed by atoms with Crippen molar-refractivity contribution < 1.29 is 0 Å². The van der Waals surface area contributed by atoms with Crippen molar-refractivity contribution in [2.24, 2.45) is 0 Å². The van der Waals surface area contributed by atoms with Gasteiger partial charge in [0.2, 0.25) is 0 Å². The number of thioether (sulfide) groups is 1. The number of hydrogen-bond acceptors (Lipinski definition) is 2. The first-order valence-electron chi connectivity index (χ1n) is 5.30. The van der Waals surface area contributed by atoms with Gasteiger partial charge in [-0.25, -0.2) is 0 Å². The molecule has 1 unspecified atom stereocenters. The van der Waals surface area contributed by atoms with Crippen LogP contribution in [-0.4, -0.2) is 12.3 Å². The van der Waals surface area contributed by atoms with Gasteiger partial charge in [0.1, 0.15) is 0 Å². The Kier molecular flexibility index (Phi) is 3.49. The van der Waals surface area contributed by atoms with Crippen LogP contribution in [0.5, 0.6) is 0 Å². The first-order valence-corrected chi connectivity index (χ1v) is 6.46. The van der Waals surface area contributed by atoms with Crippen molar-refractivity contribution in [3.63, 3.8) is 0 Å². The summed E-state index contributed by atoms with van der Waals surface area (Å²) in [5.74, 6) is 2.40. The van der Waals surface area contributed by atoms with Crippen LogP contribution in [0.3, 0.4) is 0 Å². The number of nitrogens with one attached hydrogen (secondary N) is 1. The van der Waals surface area contributed by atoms with Gasteiger partial charge in [-0.05, 0) is 24.1 Å². The Labute approximate surface area is 90.3 Å². The van der Waals surface area contributed by atoms with Crippen LogP contribution in [0.2, 0.25) is 0 Å². The summed E-state index contributed by atoms with van der Waals surface area (Å²) in [7, 11) is 0. The molecule has 1 heterocycles. The second-order valence-corrected chi connectivity index (χ2v) is 4.75. The molecule has 0 radical (unpaired) electrons. The molecule has 0 fully saturated rings. The lowest BCUT2D eigenvalue weighted by Crippen LogP contribution is -2.27. The van der Waals surface area contributed by atoms with Crippen LogP contribution in [0.4, 0.5) is 0 Å². The van der Waals surface area contributed by atoms with E-state index >= 15 is 0 Å². The van der Waals surface area contributed by atoms with Gasteiger partial charge >= 0.3 is 0 Å². The smallest absolute Gasteiger partial charge is 0.0415 e. The highest BCUT2D eigenvalue weighted by Crippen LogP contribution is 2.31. The van der Waals surface area contributed by atoms with E-state index in [1.807, 2.05) is 11.8 Å². The fourth-order valence-electron chi connectivity index (χ4n) is 1.87. The molecule has 0 amide bonds. The Morgan fingerprint density at radius 2 is 2.29 bits per heavy atom. The average Bonchev–Trinajstić information content (AvgIpc) is 2.26. The molecule has 0 bridgehead atoms. The molecule has 0 aromatic heterocycles. The Bertz CT molecular complexity index is 298. The van der Waals surface area contributed by atoms with Crippen molar-refractivity contribution >= 4 is 11.8 Å². The zero-order chi connectivity index (χ0) is 9.80. The summed E-state index contributed by atoms with van der Waals surface area (Å²) in [4.78, 5) is 0. The molecular formula is C12H17NS. The molecular weight excluding hydrogens is 190 g/mol. The highest BCUT2D eigenvalue weighted by Gasteiger charge is 2.18. The molecule has 1 aliphatic heterocycles. The van der Waals surface area contributed by atoms with Gasteiger partial charge < -0.3 is 5.32 Å². The number of hydrogen-bond donors (Lipinski definition) is 1. The van der Waals surface area contributed by atoms with Crippen molar-refractivity contribution in [2.45, 2.75) is 25.1 Å². The Balaban J connectivity index is 2.14. The molecule has 1 nitrogen and oxygen atoms in total. The first kappa shape index (κ1) is 10.1. The van der Waals surface area contributed by atoms with Gasteiger partial charge in [-0.1, -0.05) is 31.2 Å². The maximum atomic E-state index is 3.61. The molecule has 0 aliphatic carbocycles. The van der Waals surface area contributed by atoms with Crippen molar-refractivity contribution in [2.75, 3.05) is 12.3 Å². The summed E-state index contributed by atoms with van der Waals surface area (Å²) in [6.07, 6.45) is 1.21. The lowest BCUT2D eigenvalue weighted by molar-refractivity contribution is 0.571. The molecule has 2 rings (SSSR count). The third kappa shape index (κ3) is 2.12. The van der Waals surface area contributed by atoms with Crippen molar-refractivity contribution in [3.05, 3.63) is 35.4 Å². The van der Waals surface area contributed by atoms with Gasteiger partial charge in [-0.3, -0.25) is 0 Å². The zero-order valence-corrected chi connectivity index (χ0v) is 9.44. The normalized spacial score (nSPS) is 20.5. The van der Waals surface area contributed by atoms with E-state index in [9.17, 15) is 0 Å². The van der Waals surface area contributed by atoms with E-state index in [0.29, 0.717) is 6.04 Å². The number of benzene rings is 1. The maximum Gasteiger partial charge on any atom is 0.0415 e. The lowest BCUT2D eigenvalue weighted by atomic mass is 10.0. The van der Waals surface area contributed by atoms with E-state index in [2.05, 4.69) is 36.5 Å². The van der Waals surface area contributed by atoms with Gasteiger partial charge in [0.05, 0.1) is 0 Å². The van der Waals surface area contributed by atoms with Crippen LogP contribution in [-0.2, 0) is 5.75 Å². The quantitative estimate of drug-likeness (QED) is 0.818. The molecule has 0 saturated carbocycles. The summed E-state index contributed by atoms with van der Waals surface area (Å²) in [5.41, 5.74) is 3.03. The monoisotopic (exact) mass is 207 g/mol. The van der Waals surface area contributed by atoms with Crippen molar-refractivity contribution in [3.8, 4) is 0 Å². The summed E-state index contributed by atoms with van der Waals surface area (Å²) in [5, 5.41) is 3.61. The lowest BCUT2D eigenvalue weighted by Gasteiger charge is -2.25. The zero-order valence-electron chi connectivity index (χ0n) is 8.62. The van der Waals surface area contributed by atoms with Gasteiger partial charge in [-0.2, -0.15) is 11.8 Å². The van der Waals surface area contributed by atoms with E-state index in [4.69, 9.17) is 0 Å². The fourth-order valence-corrected chi connectivity index (χ4v) is 3.00. The largest absolute Gasteiger partial charge is 0.309 e. The molecule has 0 spiro atoms. The Morgan fingerprint density at radius 3 is 3.14 bits per heavy atom. The summed E-state index contributed by atoms with van der Waals surface area (Å²) >= 11 is 2.03. The van der Waals surface area contributed by atoms with Gasteiger partial charge in [0.25, 0.3) is 0 Å². The molecule has 1 aromatic carbocycles.